The number of rotatable bonds is 4. The Morgan fingerprint density at radius 2 is 1.57 bits per heavy atom. The predicted molar refractivity (Wildman–Crippen MR) is 121 cm³/mol. The van der Waals surface area contributed by atoms with E-state index in [9.17, 15) is 4.79 Å². The Labute approximate surface area is 175 Å². The van der Waals surface area contributed by atoms with Crippen molar-refractivity contribution >= 4 is 17.3 Å². The van der Waals surface area contributed by atoms with Crippen LogP contribution in [0.2, 0.25) is 0 Å². The Morgan fingerprint density at radius 1 is 0.867 bits per heavy atom. The molecule has 0 spiro atoms. The van der Waals surface area contributed by atoms with Crippen LogP contribution in [0.4, 0.5) is 11.4 Å². The van der Waals surface area contributed by atoms with Crippen molar-refractivity contribution in [1.29, 1.82) is 0 Å². The van der Waals surface area contributed by atoms with Crippen LogP contribution in [0.5, 0.6) is 0 Å². The summed E-state index contributed by atoms with van der Waals surface area (Å²) in [6.45, 7) is 0. The largest absolute Gasteiger partial charge is 0.378 e. The van der Waals surface area contributed by atoms with Crippen molar-refractivity contribution < 1.29 is 4.79 Å². The summed E-state index contributed by atoms with van der Waals surface area (Å²) >= 11 is 0. The van der Waals surface area contributed by atoms with Crippen molar-refractivity contribution in [3.05, 3.63) is 90.5 Å². The van der Waals surface area contributed by atoms with Crippen molar-refractivity contribution in [2.24, 2.45) is 0 Å². The molecule has 1 N–H and O–H groups in total. The zero-order valence-electron chi connectivity index (χ0n) is 16.9. The molecule has 5 rings (SSSR count). The summed E-state index contributed by atoms with van der Waals surface area (Å²) in [6, 6.07) is 27.7. The van der Waals surface area contributed by atoms with E-state index in [1.54, 1.807) is 0 Å². The van der Waals surface area contributed by atoms with Crippen LogP contribution in [0.15, 0.2) is 84.9 Å². The highest BCUT2D eigenvalue weighted by Crippen LogP contribution is 2.37. The third kappa shape index (κ3) is 3.05. The number of carbonyl (C=O) groups is 1. The molecule has 5 heteroatoms. The van der Waals surface area contributed by atoms with E-state index in [1.165, 1.54) is 0 Å². The monoisotopic (exact) mass is 394 g/mol. The number of anilines is 2. The summed E-state index contributed by atoms with van der Waals surface area (Å²) < 4.78 is 1.86. The molecule has 1 amide bonds. The Morgan fingerprint density at radius 3 is 2.30 bits per heavy atom. The van der Waals surface area contributed by atoms with Crippen molar-refractivity contribution in [1.82, 2.24) is 9.78 Å². The lowest BCUT2D eigenvalue weighted by Crippen LogP contribution is -2.21. The predicted octanol–water partition coefficient (Wildman–Crippen LogP) is 4.82. The molecular weight excluding hydrogens is 372 g/mol. The van der Waals surface area contributed by atoms with Gasteiger partial charge in [-0.05, 0) is 29.8 Å². The molecule has 2 heterocycles. The highest BCUT2D eigenvalue weighted by Gasteiger charge is 2.34. The van der Waals surface area contributed by atoms with E-state index in [0.717, 1.165) is 39.5 Å². The number of hydrogen-bond donors (Lipinski definition) is 1. The van der Waals surface area contributed by atoms with Gasteiger partial charge in [-0.2, -0.15) is 5.10 Å². The molecule has 1 aliphatic rings. The Hall–Kier alpha value is -3.86. The molecule has 0 saturated carbocycles. The first-order valence-corrected chi connectivity index (χ1v) is 9.94. The number of aromatic nitrogens is 2. The second-order valence-electron chi connectivity index (χ2n) is 7.65. The third-order valence-corrected chi connectivity index (χ3v) is 5.49. The van der Waals surface area contributed by atoms with Crippen LogP contribution in [0.1, 0.15) is 11.6 Å². The van der Waals surface area contributed by atoms with Crippen molar-refractivity contribution in [2.45, 2.75) is 6.04 Å². The van der Waals surface area contributed by atoms with Gasteiger partial charge in [-0.15, -0.1) is 0 Å². The van der Waals surface area contributed by atoms with Crippen molar-refractivity contribution in [3.63, 3.8) is 0 Å². The van der Waals surface area contributed by atoms with Crippen LogP contribution in [-0.2, 0) is 4.79 Å². The fraction of sp³-hybridized carbons (Fsp3) is 0.120. The number of para-hydroxylation sites is 1. The standard InChI is InChI=1S/C25H22N4O/c1-28(2)19-14-12-18(13-15-19)23-16-22(17-8-4-3-5-9-17)27-29(23)24-20-10-6-7-11-21(20)26-25(24)30/h3-16,24H,1-2H3,(H,26,30). The van der Waals surface area contributed by atoms with E-state index in [4.69, 9.17) is 5.10 Å². The summed E-state index contributed by atoms with van der Waals surface area (Å²) in [5, 5.41) is 7.88. The second kappa shape index (κ2) is 7.19. The molecule has 0 saturated heterocycles. The van der Waals surface area contributed by atoms with Gasteiger partial charge in [0, 0.05) is 36.6 Å². The molecule has 148 valence electrons. The number of hydrogen-bond acceptors (Lipinski definition) is 3. The zero-order chi connectivity index (χ0) is 20.7. The molecule has 1 unspecified atom stereocenters. The van der Waals surface area contributed by atoms with E-state index in [0.29, 0.717) is 0 Å². The van der Waals surface area contributed by atoms with E-state index in [-0.39, 0.29) is 5.91 Å². The Kier molecular flexibility index (Phi) is 4.36. The summed E-state index contributed by atoms with van der Waals surface area (Å²) in [5.41, 5.74) is 6.71. The highest BCUT2D eigenvalue weighted by molar-refractivity contribution is 6.03. The lowest BCUT2D eigenvalue weighted by atomic mass is 10.1. The fourth-order valence-corrected chi connectivity index (χ4v) is 3.92. The van der Waals surface area contributed by atoms with E-state index < -0.39 is 6.04 Å². The fourth-order valence-electron chi connectivity index (χ4n) is 3.92. The number of amides is 1. The number of fused-ring (bicyclic) bond motifs is 1. The van der Waals surface area contributed by atoms with Crippen molar-refractivity contribution in [2.75, 3.05) is 24.3 Å². The van der Waals surface area contributed by atoms with Crippen LogP contribution < -0.4 is 10.2 Å². The van der Waals surface area contributed by atoms with Gasteiger partial charge in [0.1, 0.15) is 0 Å². The molecule has 1 aromatic heterocycles. The highest BCUT2D eigenvalue weighted by atomic mass is 16.2. The van der Waals surface area contributed by atoms with Crippen LogP contribution in [0.3, 0.4) is 0 Å². The van der Waals surface area contributed by atoms with Gasteiger partial charge < -0.3 is 10.2 Å². The molecule has 0 bridgehead atoms. The minimum atomic E-state index is -0.498. The van der Waals surface area contributed by atoms with Gasteiger partial charge >= 0.3 is 0 Å². The molecule has 0 fully saturated rings. The van der Waals surface area contributed by atoms with Crippen LogP contribution >= 0.6 is 0 Å². The SMILES string of the molecule is CN(C)c1ccc(-c2cc(-c3ccccc3)nn2C2C(=O)Nc3ccccc32)cc1. The van der Waals surface area contributed by atoms with Gasteiger partial charge in [0.2, 0.25) is 0 Å². The number of benzene rings is 3. The number of nitrogens with zero attached hydrogens (tertiary/aromatic N) is 3. The van der Waals surface area contributed by atoms with E-state index in [1.807, 2.05) is 73.4 Å². The molecular formula is C25H22N4O. The lowest BCUT2D eigenvalue weighted by molar-refractivity contribution is -0.117. The van der Waals surface area contributed by atoms with Crippen molar-refractivity contribution in [3.8, 4) is 22.5 Å². The average molecular weight is 394 g/mol. The van der Waals surface area contributed by atoms with Gasteiger partial charge in [-0.3, -0.25) is 4.79 Å². The number of carbonyl (C=O) groups excluding carboxylic acids is 1. The first kappa shape index (κ1) is 18.2. The summed E-state index contributed by atoms with van der Waals surface area (Å²) in [6.07, 6.45) is 0. The molecule has 4 aromatic rings. The molecule has 1 aliphatic heterocycles. The smallest absolute Gasteiger partial charge is 0.253 e. The summed E-state index contributed by atoms with van der Waals surface area (Å²) in [4.78, 5) is 15.0. The topological polar surface area (TPSA) is 50.2 Å². The third-order valence-electron chi connectivity index (χ3n) is 5.49. The van der Waals surface area contributed by atoms with Gasteiger partial charge in [0.15, 0.2) is 6.04 Å². The molecule has 30 heavy (non-hydrogen) atoms. The maximum Gasteiger partial charge on any atom is 0.253 e. The lowest BCUT2D eigenvalue weighted by Gasteiger charge is -2.15. The van der Waals surface area contributed by atoms with Gasteiger partial charge in [-0.25, -0.2) is 4.68 Å². The first-order chi connectivity index (χ1) is 14.6. The minimum Gasteiger partial charge on any atom is -0.378 e. The van der Waals surface area contributed by atoms with E-state index >= 15 is 0 Å². The molecule has 3 aromatic carbocycles. The summed E-state index contributed by atoms with van der Waals surface area (Å²) in [7, 11) is 4.04. The van der Waals surface area contributed by atoms with E-state index in [2.05, 4.69) is 40.5 Å². The van der Waals surface area contributed by atoms with Crippen LogP contribution in [0.25, 0.3) is 22.5 Å². The average Bonchev–Trinajstić information content (AvgIpc) is 3.34. The molecule has 0 aliphatic carbocycles. The summed E-state index contributed by atoms with van der Waals surface area (Å²) in [5.74, 6) is -0.0647. The second-order valence-corrected chi connectivity index (χ2v) is 7.65. The Bertz CT molecular complexity index is 1210. The quantitative estimate of drug-likeness (QED) is 0.540. The van der Waals surface area contributed by atoms with Gasteiger partial charge in [0.25, 0.3) is 5.91 Å². The first-order valence-electron chi connectivity index (χ1n) is 9.94. The molecule has 0 radical (unpaired) electrons. The maximum atomic E-state index is 12.9. The Balaban J connectivity index is 1.68. The van der Waals surface area contributed by atoms with Crippen LogP contribution in [0, 0.1) is 0 Å². The van der Waals surface area contributed by atoms with Gasteiger partial charge in [0.05, 0.1) is 11.4 Å². The molecule has 5 nitrogen and oxygen atoms in total. The van der Waals surface area contributed by atoms with Crippen LogP contribution in [-0.4, -0.2) is 29.8 Å². The molecule has 1 atom stereocenters. The number of nitrogens with one attached hydrogen (secondary N) is 1. The van der Waals surface area contributed by atoms with Gasteiger partial charge in [-0.1, -0.05) is 60.7 Å². The maximum absolute atomic E-state index is 12.9. The zero-order valence-corrected chi connectivity index (χ0v) is 16.9. The normalized spacial score (nSPS) is 15.0. The minimum absolute atomic E-state index is 0.0647.